The van der Waals surface area contributed by atoms with Crippen molar-refractivity contribution < 1.29 is 4.74 Å². The Morgan fingerprint density at radius 3 is 2.55 bits per heavy atom. The monoisotopic (exact) mass is 266 g/mol. The summed E-state index contributed by atoms with van der Waals surface area (Å²) in [5, 5.41) is 8.92. The molecule has 102 valence electrons. The number of pyridine rings is 1. The van der Waals surface area contributed by atoms with E-state index in [0.29, 0.717) is 11.4 Å². The molecule has 0 aliphatic heterocycles. The number of rotatable bonds is 2. The molecule has 0 bridgehead atoms. The third-order valence-corrected chi connectivity index (χ3v) is 3.02. The van der Waals surface area contributed by atoms with Crippen LogP contribution < -0.4 is 4.74 Å². The molecule has 3 nitrogen and oxygen atoms in total. The van der Waals surface area contributed by atoms with Gasteiger partial charge in [0.2, 0.25) is 5.88 Å². The van der Waals surface area contributed by atoms with Crippen molar-refractivity contribution in [3.8, 4) is 17.7 Å². The molecule has 0 amide bonds. The van der Waals surface area contributed by atoms with Crippen LogP contribution in [-0.2, 0) is 5.41 Å². The van der Waals surface area contributed by atoms with Gasteiger partial charge in [0.1, 0.15) is 5.75 Å². The van der Waals surface area contributed by atoms with Gasteiger partial charge < -0.3 is 4.74 Å². The van der Waals surface area contributed by atoms with Crippen molar-refractivity contribution in [2.45, 2.75) is 33.1 Å². The molecule has 2 aromatic rings. The number of aromatic nitrogens is 1. The van der Waals surface area contributed by atoms with E-state index in [9.17, 15) is 0 Å². The maximum Gasteiger partial charge on any atom is 0.220 e. The minimum atomic E-state index is -0.0197. The predicted molar refractivity (Wildman–Crippen MR) is 78.9 cm³/mol. The molecule has 0 atom stereocenters. The summed E-state index contributed by atoms with van der Waals surface area (Å²) in [4.78, 5) is 4.15. The Morgan fingerprint density at radius 1 is 1.15 bits per heavy atom. The number of ether oxygens (including phenoxy) is 1. The summed E-state index contributed by atoms with van der Waals surface area (Å²) >= 11 is 0. The van der Waals surface area contributed by atoms with Gasteiger partial charge in [-0.1, -0.05) is 38.5 Å². The van der Waals surface area contributed by atoms with Gasteiger partial charge in [0.15, 0.2) is 0 Å². The molecule has 20 heavy (non-hydrogen) atoms. The van der Waals surface area contributed by atoms with Crippen molar-refractivity contribution in [1.82, 2.24) is 4.98 Å². The van der Waals surface area contributed by atoms with E-state index >= 15 is 0 Å². The molecule has 2 rings (SSSR count). The van der Waals surface area contributed by atoms with Crippen LogP contribution in [0.1, 0.15) is 37.5 Å². The number of nitriles is 1. The molecule has 1 aromatic heterocycles. The Hall–Kier alpha value is -2.34. The van der Waals surface area contributed by atoms with Crippen LogP contribution in [0.25, 0.3) is 0 Å². The van der Waals surface area contributed by atoms with E-state index in [1.165, 1.54) is 5.56 Å². The summed E-state index contributed by atoms with van der Waals surface area (Å²) in [7, 11) is 0. The van der Waals surface area contributed by atoms with Gasteiger partial charge in [-0.15, -0.1) is 0 Å². The second-order valence-corrected chi connectivity index (χ2v) is 5.85. The first-order valence-electron chi connectivity index (χ1n) is 6.55. The lowest BCUT2D eigenvalue weighted by Crippen LogP contribution is -2.13. The molecule has 1 aromatic carbocycles. The van der Waals surface area contributed by atoms with E-state index in [0.717, 1.165) is 11.3 Å². The molecular formula is C17H18N2O. The third-order valence-electron chi connectivity index (χ3n) is 3.02. The quantitative estimate of drug-likeness (QED) is 0.811. The molecule has 0 N–H and O–H groups in total. The van der Waals surface area contributed by atoms with Crippen LogP contribution in [0.2, 0.25) is 0 Å². The number of benzene rings is 1. The summed E-state index contributed by atoms with van der Waals surface area (Å²) in [6.07, 6.45) is 1.58. The molecule has 3 heteroatoms. The first kappa shape index (κ1) is 14.1. The van der Waals surface area contributed by atoms with Gasteiger partial charge in [-0.25, -0.2) is 4.98 Å². The summed E-state index contributed by atoms with van der Waals surface area (Å²) in [6, 6.07) is 11.5. The maximum absolute atomic E-state index is 8.92. The highest BCUT2D eigenvalue weighted by molar-refractivity contribution is 5.43. The Bertz CT molecular complexity index is 663. The average molecular weight is 266 g/mol. The number of nitrogens with zero attached hydrogens (tertiary/aromatic N) is 2. The van der Waals surface area contributed by atoms with Gasteiger partial charge >= 0.3 is 0 Å². The molecule has 0 fully saturated rings. The Balaban J connectivity index is 2.41. The second kappa shape index (κ2) is 5.34. The smallest absolute Gasteiger partial charge is 0.220 e. The van der Waals surface area contributed by atoms with Crippen LogP contribution in [0.4, 0.5) is 0 Å². The molecule has 0 aliphatic rings. The van der Waals surface area contributed by atoms with Crippen molar-refractivity contribution in [1.29, 1.82) is 5.26 Å². The average Bonchev–Trinajstić information content (AvgIpc) is 2.40. The van der Waals surface area contributed by atoms with Crippen molar-refractivity contribution in [2.24, 2.45) is 0 Å². The third kappa shape index (κ3) is 3.16. The fraction of sp³-hybridized carbons (Fsp3) is 0.294. The summed E-state index contributed by atoms with van der Waals surface area (Å²) < 4.78 is 5.87. The minimum Gasteiger partial charge on any atom is -0.439 e. The second-order valence-electron chi connectivity index (χ2n) is 5.85. The van der Waals surface area contributed by atoms with Crippen LogP contribution >= 0.6 is 0 Å². The van der Waals surface area contributed by atoms with E-state index in [1.807, 2.05) is 12.1 Å². The fourth-order valence-corrected chi connectivity index (χ4v) is 1.97. The van der Waals surface area contributed by atoms with Crippen molar-refractivity contribution in [3.05, 3.63) is 53.2 Å². The molecule has 1 heterocycles. The standard InChI is InChI=1S/C17H18N2O/c1-12-5-6-15(14(9-12)17(2,3)4)20-16-10-13(11-18)7-8-19-16/h5-10H,1-4H3. The molecule has 0 radical (unpaired) electrons. The zero-order chi connectivity index (χ0) is 14.8. The Labute approximate surface area is 119 Å². The van der Waals surface area contributed by atoms with Crippen LogP contribution in [0.5, 0.6) is 11.6 Å². The lowest BCUT2D eigenvalue weighted by atomic mass is 9.85. The number of hydrogen-bond acceptors (Lipinski definition) is 3. The van der Waals surface area contributed by atoms with E-state index in [-0.39, 0.29) is 5.41 Å². The molecule has 0 saturated heterocycles. The highest BCUT2D eigenvalue weighted by Crippen LogP contribution is 2.34. The number of hydrogen-bond donors (Lipinski definition) is 0. The minimum absolute atomic E-state index is 0.0197. The van der Waals surface area contributed by atoms with Crippen molar-refractivity contribution in [3.63, 3.8) is 0 Å². The Morgan fingerprint density at radius 2 is 1.90 bits per heavy atom. The van der Waals surface area contributed by atoms with Gasteiger partial charge in [0.25, 0.3) is 0 Å². The first-order valence-corrected chi connectivity index (χ1v) is 6.55. The van der Waals surface area contributed by atoms with Crippen LogP contribution in [0, 0.1) is 18.3 Å². The van der Waals surface area contributed by atoms with Gasteiger partial charge in [0, 0.05) is 17.8 Å². The maximum atomic E-state index is 8.92. The largest absolute Gasteiger partial charge is 0.439 e. The van der Waals surface area contributed by atoms with Gasteiger partial charge in [-0.2, -0.15) is 5.26 Å². The topological polar surface area (TPSA) is 45.9 Å². The lowest BCUT2D eigenvalue weighted by molar-refractivity contribution is 0.439. The van der Waals surface area contributed by atoms with E-state index < -0.39 is 0 Å². The zero-order valence-corrected chi connectivity index (χ0v) is 12.3. The van der Waals surface area contributed by atoms with E-state index in [1.54, 1.807) is 18.3 Å². The highest BCUT2D eigenvalue weighted by Gasteiger charge is 2.19. The fourth-order valence-electron chi connectivity index (χ4n) is 1.97. The van der Waals surface area contributed by atoms with Gasteiger partial charge in [-0.3, -0.25) is 0 Å². The normalized spacial score (nSPS) is 10.9. The first-order chi connectivity index (χ1) is 9.40. The molecule has 0 saturated carbocycles. The highest BCUT2D eigenvalue weighted by atomic mass is 16.5. The SMILES string of the molecule is Cc1ccc(Oc2cc(C#N)ccn2)c(C(C)(C)C)c1. The van der Waals surface area contributed by atoms with Gasteiger partial charge in [0.05, 0.1) is 11.6 Å². The van der Waals surface area contributed by atoms with Gasteiger partial charge in [-0.05, 0) is 24.5 Å². The Kier molecular flexibility index (Phi) is 3.76. The van der Waals surface area contributed by atoms with Crippen LogP contribution in [0.3, 0.4) is 0 Å². The van der Waals surface area contributed by atoms with E-state index in [2.05, 4.69) is 44.8 Å². The summed E-state index contributed by atoms with van der Waals surface area (Å²) in [5.41, 5.74) is 2.84. The summed E-state index contributed by atoms with van der Waals surface area (Å²) in [5.74, 6) is 1.23. The zero-order valence-electron chi connectivity index (χ0n) is 12.3. The molecule has 0 aliphatic carbocycles. The lowest BCUT2D eigenvalue weighted by Gasteiger charge is -2.23. The molecular weight excluding hydrogens is 248 g/mol. The number of aryl methyl sites for hydroxylation is 1. The van der Waals surface area contributed by atoms with Crippen molar-refractivity contribution >= 4 is 0 Å². The predicted octanol–water partition coefficient (Wildman–Crippen LogP) is 4.35. The molecule has 0 unspecified atom stereocenters. The molecule has 0 spiro atoms. The van der Waals surface area contributed by atoms with Crippen LogP contribution in [0.15, 0.2) is 36.5 Å². The summed E-state index contributed by atoms with van der Waals surface area (Å²) in [6.45, 7) is 8.50. The van der Waals surface area contributed by atoms with E-state index in [4.69, 9.17) is 10.00 Å². The van der Waals surface area contributed by atoms with Crippen LogP contribution in [-0.4, -0.2) is 4.98 Å². The van der Waals surface area contributed by atoms with Crippen molar-refractivity contribution in [2.75, 3.05) is 0 Å².